The second-order valence-corrected chi connectivity index (χ2v) is 5.12. The van der Waals surface area contributed by atoms with E-state index in [4.69, 9.17) is 10.3 Å². The lowest BCUT2D eigenvalue weighted by Gasteiger charge is -2.18. The van der Waals surface area contributed by atoms with Crippen molar-refractivity contribution in [3.63, 3.8) is 0 Å². The monoisotopic (exact) mass is 305 g/mol. The molecule has 0 saturated carbocycles. The molecule has 1 rings (SSSR count). The Kier molecular flexibility index (Phi) is 7.70. The minimum Gasteiger partial charge on any atom is -0.358 e. The zero-order chi connectivity index (χ0) is 14.5. The van der Waals surface area contributed by atoms with Gasteiger partial charge < -0.3 is 15.6 Å². The van der Waals surface area contributed by atoms with Gasteiger partial charge in [0.1, 0.15) is 0 Å². The number of rotatable bonds is 7. The Bertz CT molecular complexity index is 416. The minimum atomic E-state index is -0.627. The first kappa shape index (κ1) is 18.8. The topological polar surface area (TPSA) is 97.3 Å². The van der Waals surface area contributed by atoms with Gasteiger partial charge in [-0.05, 0) is 26.8 Å². The van der Waals surface area contributed by atoms with Crippen LogP contribution in [0.2, 0.25) is 0 Å². The number of likely N-dealkylation sites (N-methyl/N-ethyl adjacent to an activating group) is 1. The van der Waals surface area contributed by atoms with Crippen molar-refractivity contribution in [1.82, 2.24) is 20.4 Å². The van der Waals surface area contributed by atoms with Crippen molar-refractivity contribution in [2.75, 3.05) is 20.1 Å². The molecule has 0 aliphatic carbocycles. The number of amides is 1. The second-order valence-electron chi connectivity index (χ2n) is 5.12. The number of carbonyl (C=O) groups is 1. The Morgan fingerprint density at radius 1 is 1.50 bits per heavy atom. The molecule has 3 N–H and O–H groups in total. The van der Waals surface area contributed by atoms with E-state index in [0.717, 1.165) is 13.0 Å². The van der Waals surface area contributed by atoms with E-state index in [1.807, 2.05) is 18.7 Å². The van der Waals surface area contributed by atoms with E-state index in [0.29, 0.717) is 24.8 Å². The lowest BCUT2D eigenvalue weighted by atomic mass is 10.1. The van der Waals surface area contributed by atoms with Crippen molar-refractivity contribution in [2.24, 2.45) is 5.73 Å². The summed E-state index contributed by atoms with van der Waals surface area (Å²) in [7, 11) is 1.62. The van der Waals surface area contributed by atoms with Crippen LogP contribution >= 0.6 is 12.4 Å². The molecular weight excluding hydrogens is 282 g/mol. The van der Waals surface area contributed by atoms with Gasteiger partial charge in [0.25, 0.3) is 0 Å². The van der Waals surface area contributed by atoms with Crippen LogP contribution in [0.5, 0.6) is 0 Å². The molecule has 0 saturated heterocycles. The lowest BCUT2D eigenvalue weighted by Crippen LogP contribution is -2.36. The number of carbonyl (C=O) groups excluding carboxylic acids is 1. The number of aromatic nitrogens is 2. The number of nitrogens with one attached hydrogen (secondary N) is 1. The SMILES string of the molecule is CCCN(CC(=O)NC)Cc1nc(C(C)(C)N)no1.Cl. The maximum absolute atomic E-state index is 11.4. The molecule has 0 atom stereocenters. The number of hydrogen-bond donors (Lipinski definition) is 2. The summed E-state index contributed by atoms with van der Waals surface area (Å²) in [6, 6.07) is 0. The van der Waals surface area contributed by atoms with Crippen molar-refractivity contribution in [3.05, 3.63) is 11.7 Å². The highest BCUT2D eigenvalue weighted by atomic mass is 35.5. The fraction of sp³-hybridized carbons (Fsp3) is 0.750. The molecular formula is C12H24ClN5O2. The molecule has 0 aliphatic heterocycles. The maximum Gasteiger partial charge on any atom is 0.240 e. The van der Waals surface area contributed by atoms with Crippen LogP contribution in [-0.2, 0) is 16.9 Å². The first-order valence-electron chi connectivity index (χ1n) is 6.41. The number of hydrogen-bond acceptors (Lipinski definition) is 6. The Hall–Kier alpha value is -1.18. The van der Waals surface area contributed by atoms with Gasteiger partial charge in [-0.1, -0.05) is 12.1 Å². The van der Waals surface area contributed by atoms with Gasteiger partial charge in [-0.2, -0.15) is 4.98 Å². The van der Waals surface area contributed by atoms with Crippen LogP contribution in [0.4, 0.5) is 0 Å². The van der Waals surface area contributed by atoms with Crippen molar-refractivity contribution >= 4 is 18.3 Å². The summed E-state index contributed by atoms with van der Waals surface area (Å²) in [5, 5.41) is 6.46. The molecule has 20 heavy (non-hydrogen) atoms. The fourth-order valence-corrected chi connectivity index (χ4v) is 1.58. The minimum absolute atomic E-state index is 0. The third kappa shape index (κ3) is 5.85. The molecule has 1 aromatic heterocycles. The van der Waals surface area contributed by atoms with E-state index >= 15 is 0 Å². The van der Waals surface area contributed by atoms with E-state index < -0.39 is 5.54 Å². The van der Waals surface area contributed by atoms with Crippen LogP contribution in [-0.4, -0.2) is 41.1 Å². The first-order valence-corrected chi connectivity index (χ1v) is 6.41. The van der Waals surface area contributed by atoms with Gasteiger partial charge in [-0.25, -0.2) is 0 Å². The van der Waals surface area contributed by atoms with Gasteiger partial charge in [0.15, 0.2) is 5.82 Å². The zero-order valence-electron chi connectivity index (χ0n) is 12.5. The molecule has 1 heterocycles. The summed E-state index contributed by atoms with van der Waals surface area (Å²) < 4.78 is 5.17. The zero-order valence-corrected chi connectivity index (χ0v) is 13.3. The molecule has 0 fully saturated rings. The Balaban J connectivity index is 0.00000361. The smallest absolute Gasteiger partial charge is 0.240 e. The molecule has 0 aromatic carbocycles. The van der Waals surface area contributed by atoms with Gasteiger partial charge in [0, 0.05) is 7.05 Å². The van der Waals surface area contributed by atoms with Gasteiger partial charge in [-0.15, -0.1) is 12.4 Å². The van der Waals surface area contributed by atoms with Crippen LogP contribution in [0, 0.1) is 0 Å². The summed E-state index contributed by atoms with van der Waals surface area (Å²) in [5.74, 6) is 0.914. The van der Waals surface area contributed by atoms with Crippen LogP contribution in [0.3, 0.4) is 0 Å². The van der Waals surface area contributed by atoms with Crippen molar-refractivity contribution in [3.8, 4) is 0 Å². The maximum atomic E-state index is 11.4. The van der Waals surface area contributed by atoms with Gasteiger partial charge in [0.2, 0.25) is 11.8 Å². The van der Waals surface area contributed by atoms with Crippen LogP contribution < -0.4 is 11.1 Å². The molecule has 116 valence electrons. The number of nitrogens with zero attached hydrogens (tertiary/aromatic N) is 3. The van der Waals surface area contributed by atoms with Gasteiger partial charge in [-0.3, -0.25) is 9.69 Å². The molecule has 1 aromatic rings. The first-order chi connectivity index (χ1) is 8.86. The molecule has 0 bridgehead atoms. The average Bonchev–Trinajstić information content (AvgIpc) is 2.77. The summed E-state index contributed by atoms with van der Waals surface area (Å²) in [4.78, 5) is 17.6. The van der Waals surface area contributed by atoms with Crippen LogP contribution in [0.25, 0.3) is 0 Å². The average molecular weight is 306 g/mol. The third-order valence-electron chi connectivity index (χ3n) is 2.59. The highest BCUT2D eigenvalue weighted by molar-refractivity contribution is 5.85. The summed E-state index contributed by atoms with van der Waals surface area (Å²) in [5.41, 5.74) is 5.27. The molecule has 7 nitrogen and oxygen atoms in total. The van der Waals surface area contributed by atoms with Crippen molar-refractivity contribution in [1.29, 1.82) is 0 Å². The summed E-state index contributed by atoms with van der Waals surface area (Å²) in [6.45, 7) is 7.24. The molecule has 8 heteroatoms. The fourth-order valence-electron chi connectivity index (χ4n) is 1.58. The Labute approximate surface area is 125 Å². The van der Waals surface area contributed by atoms with Crippen molar-refractivity contribution in [2.45, 2.75) is 39.3 Å². The van der Waals surface area contributed by atoms with Gasteiger partial charge >= 0.3 is 0 Å². The molecule has 0 unspecified atom stereocenters. The van der Waals surface area contributed by atoms with Crippen LogP contribution in [0.15, 0.2) is 4.52 Å². The summed E-state index contributed by atoms with van der Waals surface area (Å²) in [6.07, 6.45) is 0.945. The molecule has 0 radical (unpaired) electrons. The van der Waals surface area contributed by atoms with Gasteiger partial charge in [0.05, 0.1) is 18.6 Å². The highest BCUT2D eigenvalue weighted by Gasteiger charge is 2.22. The standard InChI is InChI=1S/C12H23N5O2.ClH/c1-5-6-17(7-9(18)14-4)8-10-15-11(16-19-10)12(2,3)13;/h5-8,13H2,1-4H3,(H,14,18);1H. The Morgan fingerprint density at radius 3 is 2.60 bits per heavy atom. The predicted octanol–water partition coefficient (Wildman–Crippen LogP) is 0.643. The van der Waals surface area contributed by atoms with E-state index in [-0.39, 0.29) is 18.3 Å². The van der Waals surface area contributed by atoms with E-state index in [9.17, 15) is 4.79 Å². The highest BCUT2D eigenvalue weighted by Crippen LogP contribution is 2.13. The second kappa shape index (κ2) is 8.18. The molecule has 0 spiro atoms. The normalized spacial score (nSPS) is 11.3. The third-order valence-corrected chi connectivity index (χ3v) is 2.59. The van der Waals surface area contributed by atoms with Crippen LogP contribution in [0.1, 0.15) is 38.9 Å². The van der Waals surface area contributed by atoms with E-state index in [1.165, 1.54) is 0 Å². The van der Waals surface area contributed by atoms with Crippen molar-refractivity contribution < 1.29 is 9.32 Å². The molecule has 1 amide bonds. The number of halogens is 1. The Morgan fingerprint density at radius 2 is 2.15 bits per heavy atom. The number of nitrogens with two attached hydrogens (primary N) is 1. The van der Waals surface area contributed by atoms with E-state index in [1.54, 1.807) is 7.05 Å². The largest absolute Gasteiger partial charge is 0.358 e. The quantitative estimate of drug-likeness (QED) is 0.767. The predicted molar refractivity (Wildman–Crippen MR) is 78.4 cm³/mol. The lowest BCUT2D eigenvalue weighted by molar-refractivity contribution is -0.121. The molecule has 0 aliphatic rings. The summed E-state index contributed by atoms with van der Waals surface area (Å²) >= 11 is 0. The van der Waals surface area contributed by atoms with E-state index in [2.05, 4.69) is 22.4 Å².